The Balaban J connectivity index is 1.84. The summed E-state index contributed by atoms with van der Waals surface area (Å²) < 4.78 is 44.4. The van der Waals surface area contributed by atoms with Crippen molar-refractivity contribution in [3.8, 4) is 0 Å². The molecule has 0 radical (unpaired) electrons. The van der Waals surface area contributed by atoms with Crippen LogP contribution in [0.3, 0.4) is 0 Å². The first-order valence-electron chi connectivity index (χ1n) is 8.85. The number of hydrogen-bond donors (Lipinski definition) is 1. The zero-order chi connectivity index (χ0) is 20.6. The van der Waals surface area contributed by atoms with Gasteiger partial charge in [-0.1, -0.05) is 24.3 Å². The Morgan fingerprint density at radius 1 is 1.00 bits per heavy atom. The molecule has 0 aliphatic carbocycles. The van der Waals surface area contributed by atoms with E-state index in [-0.39, 0.29) is 36.7 Å². The fourth-order valence-corrected chi connectivity index (χ4v) is 3.51. The summed E-state index contributed by atoms with van der Waals surface area (Å²) in [5, 5.41) is 0. The second-order valence-electron chi connectivity index (χ2n) is 6.03. The van der Waals surface area contributed by atoms with Gasteiger partial charge in [0.25, 0.3) is 0 Å². The number of benzene rings is 2. The molecule has 0 heterocycles. The summed E-state index contributed by atoms with van der Waals surface area (Å²) in [6, 6.07) is 11.4. The number of halogens is 1. The second-order valence-corrected chi connectivity index (χ2v) is 7.79. The lowest BCUT2D eigenvalue weighted by atomic mass is 10.0. The smallest absolute Gasteiger partial charge is 0.306 e. The Hall–Kier alpha value is -2.58. The molecular formula is C20H22FNO5S. The number of hydrogen-bond acceptors (Lipinski definition) is 5. The zero-order valence-corrected chi connectivity index (χ0v) is 16.3. The molecule has 0 aliphatic rings. The monoisotopic (exact) mass is 407 g/mol. The van der Waals surface area contributed by atoms with Crippen molar-refractivity contribution in [2.45, 2.75) is 31.1 Å². The molecule has 0 amide bonds. The number of ketones is 1. The maximum atomic E-state index is 12.9. The third-order valence-corrected chi connectivity index (χ3v) is 5.44. The molecule has 0 fully saturated rings. The van der Waals surface area contributed by atoms with Crippen LogP contribution < -0.4 is 4.72 Å². The maximum absolute atomic E-state index is 12.9. The minimum atomic E-state index is -3.70. The molecule has 2 rings (SSSR count). The van der Waals surface area contributed by atoms with E-state index in [1.165, 1.54) is 12.1 Å². The van der Waals surface area contributed by atoms with E-state index in [9.17, 15) is 22.4 Å². The number of Topliss-reactive ketones (excluding diaryl/α,β-unsaturated/α-hetero) is 1. The fourth-order valence-electron chi connectivity index (χ4n) is 2.48. The van der Waals surface area contributed by atoms with Crippen molar-refractivity contribution in [3.05, 3.63) is 65.5 Å². The van der Waals surface area contributed by atoms with Crippen molar-refractivity contribution in [3.63, 3.8) is 0 Å². The van der Waals surface area contributed by atoms with Crippen LogP contribution in [0, 0.1) is 5.82 Å². The molecule has 0 aromatic heterocycles. The molecule has 2 aromatic rings. The third-order valence-electron chi connectivity index (χ3n) is 3.97. The van der Waals surface area contributed by atoms with Crippen LogP contribution in [-0.4, -0.2) is 33.3 Å². The van der Waals surface area contributed by atoms with Crippen LogP contribution in [0.5, 0.6) is 0 Å². The van der Waals surface area contributed by atoms with Gasteiger partial charge >= 0.3 is 5.97 Å². The average molecular weight is 407 g/mol. The molecule has 8 heteroatoms. The SMILES string of the molecule is CCOC(=O)CCC(=O)c1ccc(CCNS(=O)(=O)c2ccc(F)cc2)cc1. The molecule has 0 aliphatic heterocycles. The van der Waals surface area contributed by atoms with Crippen molar-refractivity contribution in [1.29, 1.82) is 0 Å². The van der Waals surface area contributed by atoms with Crippen molar-refractivity contribution in [1.82, 2.24) is 4.72 Å². The predicted octanol–water partition coefficient (Wildman–Crippen LogP) is 2.87. The molecule has 28 heavy (non-hydrogen) atoms. The molecule has 6 nitrogen and oxygen atoms in total. The number of nitrogens with one attached hydrogen (secondary N) is 1. The maximum Gasteiger partial charge on any atom is 0.306 e. The summed E-state index contributed by atoms with van der Waals surface area (Å²) in [6.07, 6.45) is 0.549. The van der Waals surface area contributed by atoms with Crippen LogP contribution >= 0.6 is 0 Å². The highest BCUT2D eigenvalue weighted by Crippen LogP contribution is 2.11. The van der Waals surface area contributed by atoms with Gasteiger partial charge in [-0.25, -0.2) is 17.5 Å². The van der Waals surface area contributed by atoms with E-state index in [1.807, 2.05) is 0 Å². The van der Waals surface area contributed by atoms with Crippen LogP contribution in [-0.2, 0) is 26.0 Å². The highest BCUT2D eigenvalue weighted by Gasteiger charge is 2.13. The molecule has 0 spiro atoms. The number of ether oxygens (including phenoxy) is 1. The number of carbonyl (C=O) groups is 2. The topological polar surface area (TPSA) is 89.5 Å². The van der Waals surface area contributed by atoms with Crippen LogP contribution in [0.1, 0.15) is 35.7 Å². The first kappa shape index (κ1) is 21.7. The highest BCUT2D eigenvalue weighted by atomic mass is 32.2. The predicted molar refractivity (Wildman–Crippen MR) is 102 cm³/mol. The first-order chi connectivity index (χ1) is 13.3. The lowest BCUT2D eigenvalue weighted by molar-refractivity contribution is -0.143. The van der Waals surface area contributed by atoms with Crippen LogP contribution in [0.4, 0.5) is 4.39 Å². The second kappa shape index (κ2) is 10.1. The lowest BCUT2D eigenvalue weighted by Crippen LogP contribution is -2.26. The van der Waals surface area contributed by atoms with Gasteiger partial charge in [-0.15, -0.1) is 0 Å². The number of esters is 1. The van der Waals surface area contributed by atoms with Crippen LogP contribution in [0.2, 0.25) is 0 Å². The summed E-state index contributed by atoms with van der Waals surface area (Å²) in [6.45, 7) is 2.15. The number of carbonyl (C=O) groups excluding carboxylic acids is 2. The summed E-state index contributed by atoms with van der Waals surface area (Å²) in [7, 11) is -3.70. The van der Waals surface area contributed by atoms with Gasteiger partial charge in [-0.3, -0.25) is 9.59 Å². The van der Waals surface area contributed by atoms with E-state index in [1.54, 1.807) is 31.2 Å². The Kier molecular flexibility index (Phi) is 7.83. The van der Waals surface area contributed by atoms with Gasteiger partial charge in [0.2, 0.25) is 10.0 Å². The van der Waals surface area contributed by atoms with E-state index < -0.39 is 21.8 Å². The first-order valence-corrected chi connectivity index (χ1v) is 10.3. The van der Waals surface area contributed by atoms with E-state index in [4.69, 9.17) is 4.74 Å². The van der Waals surface area contributed by atoms with Gasteiger partial charge < -0.3 is 4.74 Å². The van der Waals surface area contributed by atoms with E-state index in [0.29, 0.717) is 12.0 Å². The number of sulfonamides is 1. The quantitative estimate of drug-likeness (QED) is 0.483. The van der Waals surface area contributed by atoms with Gasteiger partial charge in [0, 0.05) is 18.5 Å². The normalized spacial score (nSPS) is 11.2. The highest BCUT2D eigenvalue weighted by molar-refractivity contribution is 7.89. The molecule has 0 atom stereocenters. The molecule has 0 saturated carbocycles. The van der Waals surface area contributed by atoms with Gasteiger partial charge in [-0.2, -0.15) is 0 Å². The lowest BCUT2D eigenvalue weighted by Gasteiger charge is -2.07. The van der Waals surface area contributed by atoms with Crippen molar-refractivity contribution >= 4 is 21.8 Å². The van der Waals surface area contributed by atoms with Crippen LogP contribution in [0.15, 0.2) is 53.4 Å². The molecule has 0 unspecified atom stereocenters. The summed E-state index contributed by atoms with van der Waals surface area (Å²) in [4.78, 5) is 23.4. The molecule has 150 valence electrons. The molecule has 1 N–H and O–H groups in total. The van der Waals surface area contributed by atoms with Gasteiger partial charge in [0.05, 0.1) is 17.9 Å². The molecule has 0 bridgehead atoms. The zero-order valence-electron chi connectivity index (χ0n) is 15.5. The molecule has 0 saturated heterocycles. The van der Waals surface area contributed by atoms with Crippen molar-refractivity contribution in [2.75, 3.05) is 13.2 Å². The Morgan fingerprint density at radius 3 is 2.25 bits per heavy atom. The summed E-state index contributed by atoms with van der Waals surface area (Å²) in [5.74, 6) is -1.06. The fraction of sp³-hybridized carbons (Fsp3) is 0.300. The van der Waals surface area contributed by atoms with Crippen molar-refractivity contribution < 1.29 is 27.1 Å². The Labute approximate surface area is 163 Å². The standard InChI is InChI=1S/C20H22FNO5S/c1-2-27-20(24)12-11-19(23)16-5-3-15(4-6-16)13-14-22-28(25,26)18-9-7-17(21)8-10-18/h3-10,22H,2,11-14H2,1H3. The number of rotatable bonds is 10. The van der Waals surface area contributed by atoms with Gasteiger partial charge in [-0.05, 0) is 43.2 Å². The van der Waals surface area contributed by atoms with E-state index in [0.717, 1.165) is 17.7 Å². The van der Waals surface area contributed by atoms with Gasteiger partial charge in [0.15, 0.2) is 5.78 Å². The Bertz CT molecular complexity index is 909. The summed E-state index contributed by atoms with van der Waals surface area (Å²) >= 11 is 0. The third kappa shape index (κ3) is 6.54. The van der Waals surface area contributed by atoms with E-state index >= 15 is 0 Å². The summed E-state index contributed by atoms with van der Waals surface area (Å²) in [5.41, 5.74) is 1.34. The Morgan fingerprint density at radius 2 is 1.64 bits per heavy atom. The average Bonchev–Trinajstić information content (AvgIpc) is 2.67. The van der Waals surface area contributed by atoms with Gasteiger partial charge in [0.1, 0.15) is 5.82 Å². The molecule has 2 aromatic carbocycles. The van der Waals surface area contributed by atoms with E-state index in [2.05, 4.69) is 4.72 Å². The largest absolute Gasteiger partial charge is 0.466 e. The minimum absolute atomic E-state index is 0.00329. The van der Waals surface area contributed by atoms with Crippen LogP contribution in [0.25, 0.3) is 0 Å². The van der Waals surface area contributed by atoms with Crippen molar-refractivity contribution in [2.24, 2.45) is 0 Å². The minimum Gasteiger partial charge on any atom is -0.466 e. The molecular weight excluding hydrogens is 385 g/mol.